The van der Waals surface area contributed by atoms with Crippen LogP contribution in [0.2, 0.25) is 0 Å². The summed E-state index contributed by atoms with van der Waals surface area (Å²) in [6, 6.07) is 5.95. The number of aromatic nitrogens is 1. The Labute approximate surface area is 163 Å². The van der Waals surface area contributed by atoms with Crippen LogP contribution in [0.3, 0.4) is 0 Å². The Morgan fingerprint density at radius 3 is 2.74 bits per heavy atom. The van der Waals surface area contributed by atoms with Crippen LogP contribution in [0, 0.1) is 6.92 Å². The molecule has 1 aromatic heterocycles. The number of benzene rings is 1. The number of hydrogen-bond donors (Lipinski definition) is 1. The highest BCUT2D eigenvalue weighted by molar-refractivity contribution is 7.94. The summed E-state index contributed by atoms with van der Waals surface area (Å²) < 4.78 is 27.1. The normalized spacial score (nSPS) is 18.1. The molecule has 1 aliphatic heterocycles. The molecule has 4 rings (SSSR count). The van der Waals surface area contributed by atoms with Gasteiger partial charge in [0.05, 0.1) is 21.0 Å². The van der Waals surface area contributed by atoms with Crippen molar-refractivity contribution in [3.05, 3.63) is 29.5 Å². The van der Waals surface area contributed by atoms with Gasteiger partial charge in [-0.3, -0.25) is 9.10 Å². The van der Waals surface area contributed by atoms with Crippen molar-refractivity contribution in [3.8, 4) is 10.4 Å². The van der Waals surface area contributed by atoms with Gasteiger partial charge >= 0.3 is 0 Å². The second kappa shape index (κ2) is 6.31. The van der Waals surface area contributed by atoms with E-state index in [-0.39, 0.29) is 5.91 Å². The van der Waals surface area contributed by atoms with Crippen molar-refractivity contribution in [2.24, 2.45) is 0 Å². The first kappa shape index (κ1) is 18.4. The Kier molecular flexibility index (Phi) is 4.31. The van der Waals surface area contributed by atoms with Gasteiger partial charge in [0, 0.05) is 13.5 Å². The third kappa shape index (κ3) is 3.14. The summed E-state index contributed by atoms with van der Waals surface area (Å²) in [4.78, 5) is 16.7. The second-order valence-electron chi connectivity index (χ2n) is 7.59. The van der Waals surface area contributed by atoms with Crippen molar-refractivity contribution in [2.45, 2.75) is 51.2 Å². The van der Waals surface area contributed by atoms with Gasteiger partial charge in [-0.05, 0) is 62.8 Å². The molecule has 1 aromatic carbocycles. The molecule has 2 aliphatic rings. The van der Waals surface area contributed by atoms with Gasteiger partial charge in [-0.15, -0.1) is 0 Å². The van der Waals surface area contributed by atoms with Crippen LogP contribution in [-0.4, -0.2) is 30.6 Å². The number of nitrogens with one attached hydrogen (secondary N) is 1. The lowest BCUT2D eigenvalue weighted by molar-refractivity contribution is -0.114. The molecule has 8 heteroatoms. The molecule has 0 radical (unpaired) electrons. The SMILES string of the molecule is CC(=O)Nc1nc(C)c(-c2ccc3c(c2)CCCN3S(=O)(=O)C2(C)CC2)s1. The summed E-state index contributed by atoms with van der Waals surface area (Å²) in [7, 11) is -3.32. The lowest BCUT2D eigenvalue weighted by atomic mass is 10.00. The predicted molar refractivity (Wildman–Crippen MR) is 109 cm³/mol. The largest absolute Gasteiger partial charge is 0.302 e. The minimum Gasteiger partial charge on any atom is -0.302 e. The van der Waals surface area contributed by atoms with Gasteiger partial charge in [0.1, 0.15) is 0 Å². The quantitative estimate of drug-likeness (QED) is 0.841. The maximum absolute atomic E-state index is 13.0. The molecule has 0 saturated heterocycles. The Morgan fingerprint density at radius 1 is 1.33 bits per heavy atom. The molecule has 1 saturated carbocycles. The van der Waals surface area contributed by atoms with E-state index in [2.05, 4.69) is 16.4 Å². The van der Waals surface area contributed by atoms with Gasteiger partial charge in [-0.2, -0.15) is 0 Å². The number of carbonyl (C=O) groups excluding carboxylic acids is 1. The summed E-state index contributed by atoms with van der Waals surface area (Å²) in [6.07, 6.45) is 3.17. The summed E-state index contributed by atoms with van der Waals surface area (Å²) >= 11 is 1.44. The molecule has 2 heterocycles. The second-order valence-corrected chi connectivity index (χ2v) is 11.0. The number of hydrogen-bond acceptors (Lipinski definition) is 5. The zero-order valence-electron chi connectivity index (χ0n) is 15.7. The molecule has 0 spiro atoms. The number of anilines is 2. The molecule has 6 nitrogen and oxygen atoms in total. The van der Waals surface area contributed by atoms with Gasteiger partial charge in [-0.25, -0.2) is 13.4 Å². The first-order valence-corrected chi connectivity index (χ1v) is 11.4. The third-order valence-corrected chi connectivity index (χ3v) is 9.10. The fourth-order valence-electron chi connectivity index (χ4n) is 3.52. The van der Waals surface area contributed by atoms with E-state index in [4.69, 9.17) is 0 Å². The van der Waals surface area contributed by atoms with E-state index in [1.165, 1.54) is 18.3 Å². The molecular formula is C19H23N3O3S2. The summed E-state index contributed by atoms with van der Waals surface area (Å²) in [6.45, 7) is 5.78. The van der Waals surface area contributed by atoms with Crippen molar-refractivity contribution < 1.29 is 13.2 Å². The molecule has 0 unspecified atom stereocenters. The first-order chi connectivity index (χ1) is 12.7. The monoisotopic (exact) mass is 405 g/mol. The van der Waals surface area contributed by atoms with Crippen molar-refractivity contribution in [2.75, 3.05) is 16.2 Å². The molecule has 2 aromatic rings. The number of amides is 1. The molecular weight excluding hydrogens is 382 g/mol. The lowest BCUT2D eigenvalue weighted by Gasteiger charge is -2.33. The summed E-state index contributed by atoms with van der Waals surface area (Å²) in [5, 5.41) is 3.31. The Bertz CT molecular complexity index is 1020. The van der Waals surface area contributed by atoms with Crippen molar-refractivity contribution >= 4 is 38.1 Å². The Morgan fingerprint density at radius 2 is 2.07 bits per heavy atom. The first-order valence-electron chi connectivity index (χ1n) is 9.12. The highest BCUT2D eigenvalue weighted by Crippen LogP contribution is 2.47. The van der Waals surface area contributed by atoms with Gasteiger partial charge in [-0.1, -0.05) is 17.4 Å². The van der Waals surface area contributed by atoms with E-state index in [9.17, 15) is 13.2 Å². The smallest absolute Gasteiger partial charge is 0.240 e. The van der Waals surface area contributed by atoms with Gasteiger partial charge in [0.25, 0.3) is 0 Å². The van der Waals surface area contributed by atoms with Gasteiger partial charge < -0.3 is 5.32 Å². The summed E-state index contributed by atoms with van der Waals surface area (Å²) in [5.41, 5.74) is 3.73. The topological polar surface area (TPSA) is 79.4 Å². The van der Waals surface area contributed by atoms with Crippen LogP contribution in [0.25, 0.3) is 10.4 Å². The average Bonchev–Trinajstić information content (AvgIpc) is 3.27. The molecule has 27 heavy (non-hydrogen) atoms. The Balaban J connectivity index is 1.70. The summed E-state index contributed by atoms with van der Waals surface area (Å²) in [5.74, 6) is -0.143. The highest BCUT2D eigenvalue weighted by Gasteiger charge is 2.53. The molecule has 1 amide bonds. The molecule has 144 valence electrons. The van der Waals surface area contributed by atoms with E-state index >= 15 is 0 Å². The average molecular weight is 406 g/mol. The van der Waals surface area contributed by atoms with Crippen LogP contribution < -0.4 is 9.62 Å². The Hall–Kier alpha value is -1.93. The van der Waals surface area contributed by atoms with Crippen LogP contribution >= 0.6 is 11.3 Å². The molecule has 1 aliphatic carbocycles. The van der Waals surface area contributed by atoms with Crippen LogP contribution in [-0.2, 0) is 21.2 Å². The zero-order chi connectivity index (χ0) is 19.4. The maximum Gasteiger partial charge on any atom is 0.240 e. The number of fused-ring (bicyclic) bond motifs is 1. The van der Waals surface area contributed by atoms with Crippen LogP contribution in [0.1, 0.15) is 44.4 Å². The standard InChI is InChI=1S/C19H23N3O3S2/c1-12-17(26-18(20-12)21-13(2)23)15-6-7-16-14(11-15)5-4-10-22(16)27(24,25)19(3)8-9-19/h6-7,11H,4-5,8-10H2,1-3H3,(H,20,21,23). The third-order valence-electron chi connectivity index (χ3n) is 5.36. The van der Waals surface area contributed by atoms with E-state index < -0.39 is 14.8 Å². The van der Waals surface area contributed by atoms with Gasteiger partial charge in [0.15, 0.2) is 5.13 Å². The minimum atomic E-state index is -3.32. The van der Waals surface area contributed by atoms with Gasteiger partial charge in [0.2, 0.25) is 15.9 Å². The van der Waals surface area contributed by atoms with E-state index in [0.717, 1.165) is 53.1 Å². The van der Waals surface area contributed by atoms with E-state index in [0.29, 0.717) is 11.7 Å². The van der Waals surface area contributed by atoms with Crippen LogP contribution in [0.4, 0.5) is 10.8 Å². The number of rotatable bonds is 4. The number of carbonyl (C=O) groups is 1. The number of thiazole rings is 1. The van der Waals surface area contributed by atoms with E-state index in [1.807, 2.05) is 26.0 Å². The maximum atomic E-state index is 13.0. The van der Waals surface area contributed by atoms with Crippen LogP contribution in [0.5, 0.6) is 0 Å². The number of sulfonamides is 1. The van der Waals surface area contributed by atoms with E-state index in [1.54, 1.807) is 4.31 Å². The number of aryl methyl sites for hydroxylation is 2. The van der Waals surface area contributed by atoms with Crippen LogP contribution in [0.15, 0.2) is 18.2 Å². The molecule has 0 bridgehead atoms. The minimum absolute atomic E-state index is 0.143. The predicted octanol–water partition coefficient (Wildman–Crippen LogP) is 3.71. The number of nitrogens with zero attached hydrogens (tertiary/aromatic N) is 2. The van der Waals surface area contributed by atoms with Crippen molar-refractivity contribution in [3.63, 3.8) is 0 Å². The lowest BCUT2D eigenvalue weighted by Crippen LogP contribution is -2.41. The zero-order valence-corrected chi connectivity index (χ0v) is 17.3. The fraction of sp³-hybridized carbons (Fsp3) is 0.474. The molecule has 1 fully saturated rings. The fourth-order valence-corrected chi connectivity index (χ4v) is 6.49. The highest BCUT2D eigenvalue weighted by atomic mass is 32.2. The molecule has 1 N–H and O–H groups in total. The molecule has 0 atom stereocenters. The van der Waals surface area contributed by atoms with Crippen molar-refractivity contribution in [1.82, 2.24) is 4.98 Å². The van der Waals surface area contributed by atoms with Crippen molar-refractivity contribution in [1.29, 1.82) is 0 Å².